The molecule has 3 aromatic rings. The summed E-state index contributed by atoms with van der Waals surface area (Å²) in [6.45, 7) is 1.53. The highest BCUT2D eigenvalue weighted by Gasteiger charge is 2.30. The largest absolute Gasteiger partial charge is 0.465 e. The zero-order valence-electron chi connectivity index (χ0n) is 18.6. The number of hydrogen-bond acceptors (Lipinski definition) is 7. The van der Waals surface area contributed by atoms with E-state index in [4.69, 9.17) is 0 Å². The summed E-state index contributed by atoms with van der Waals surface area (Å²) in [5.41, 5.74) is 1.76. The van der Waals surface area contributed by atoms with Gasteiger partial charge in [-0.25, -0.2) is 14.8 Å². The van der Waals surface area contributed by atoms with Crippen LogP contribution in [0, 0.1) is 10.1 Å². The number of anilines is 2. The van der Waals surface area contributed by atoms with Crippen LogP contribution in [0.2, 0.25) is 0 Å². The van der Waals surface area contributed by atoms with E-state index in [2.05, 4.69) is 15.3 Å². The van der Waals surface area contributed by atoms with Crippen molar-refractivity contribution in [2.24, 2.45) is 0 Å². The summed E-state index contributed by atoms with van der Waals surface area (Å²) in [5, 5.41) is 24.7. The lowest BCUT2D eigenvalue weighted by Crippen LogP contribution is -2.44. The van der Waals surface area contributed by atoms with Crippen molar-refractivity contribution in [3.8, 4) is 0 Å². The fraction of sp³-hybridized carbons (Fsp3) is 0.292. The molecule has 2 heterocycles. The van der Waals surface area contributed by atoms with Crippen LogP contribution >= 0.6 is 0 Å². The highest BCUT2D eigenvalue weighted by molar-refractivity contribution is 5.71. The van der Waals surface area contributed by atoms with E-state index < -0.39 is 11.0 Å². The quantitative estimate of drug-likeness (QED) is 0.378. The number of hydrogen-bond donors (Lipinski definition) is 2. The minimum atomic E-state index is -0.999. The Morgan fingerprint density at radius 2 is 1.71 bits per heavy atom. The van der Waals surface area contributed by atoms with Crippen LogP contribution in [0.1, 0.15) is 24.0 Å². The van der Waals surface area contributed by atoms with Gasteiger partial charge in [-0.05, 0) is 24.0 Å². The van der Waals surface area contributed by atoms with Crippen LogP contribution in [0.5, 0.6) is 0 Å². The molecule has 1 saturated heterocycles. The van der Waals surface area contributed by atoms with E-state index >= 15 is 0 Å². The van der Waals surface area contributed by atoms with Gasteiger partial charge in [-0.15, -0.1) is 0 Å². The van der Waals surface area contributed by atoms with Crippen molar-refractivity contribution in [1.82, 2.24) is 14.9 Å². The summed E-state index contributed by atoms with van der Waals surface area (Å²) in [5.74, 6) is 0.305. The Bertz CT molecular complexity index is 1090. The van der Waals surface area contributed by atoms with Crippen LogP contribution in [0.15, 0.2) is 67.0 Å². The molecule has 10 nitrogen and oxygen atoms in total. The summed E-state index contributed by atoms with van der Waals surface area (Å²) < 4.78 is 0. The van der Waals surface area contributed by atoms with Gasteiger partial charge in [0.05, 0.1) is 4.92 Å². The molecule has 0 bridgehead atoms. The van der Waals surface area contributed by atoms with E-state index in [0.29, 0.717) is 32.5 Å². The Morgan fingerprint density at radius 3 is 2.26 bits per heavy atom. The van der Waals surface area contributed by atoms with Crippen LogP contribution in [0.25, 0.3) is 0 Å². The highest BCUT2D eigenvalue weighted by Crippen LogP contribution is 2.34. The third-order valence-corrected chi connectivity index (χ3v) is 5.75. The van der Waals surface area contributed by atoms with Crippen LogP contribution in [-0.4, -0.2) is 50.1 Å². The molecule has 0 unspecified atom stereocenters. The molecule has 0 spiro atoms. The molecule has 34 heavy (non-hydrogen) atoms. The summed E-state index contributed by atoms with van der Waals surface area (Å²) >= 11 is 0. The van der Waals surface area contributed by atoms with Crippen molar-refractivity contribution in [3.05, 3.63) is 88.2 Å². The van der Waals surface area contributed by atoms with Gasteiger partial charge in [0, 0.05) is 32.2 Å². The maximum Gasteiger partial charge on any atom is 0.407 e. The predicted molar refractivity (Wildman–Crippen MR) is 128 cm³/mol. The first-order chi connectivity index (χ1) is 16.5. The molecule has 0 saturated carbocycles. The van der Waals surface area contributed by atoms with E-state index in [1.165, 1.54) is 11.2 Å². The van der Waals surface area contributed by atoms with E-state index in [0.717, 1.165) is 11.1 Å². The Labute approximate surface area is 197 Å². The lowest BCUT2D eigenvalue weighted by atomic mass is 10.1. The number of benzene rings is 2. The Balaban J connectivity index is 1.67. The van der Waals surface area contributed by atoms with Gasteiger partial charge in [-0.2, -0.15) is 0 Å². The maximum absolute atomic E-state index is 12.2. The minimum absolute atomic E-state index is 0.0957. The standard InChI is InChI=1S/C24H26N6O4/c31-24(32)28-13-7-12-20(16-28)27-22-21(30(33)34)23(26-17-25-22)29(14-18-8-3-1-4-9-18)15-19-10-5-2-6-11-19/h1-6,8-11,17,20H,7,12-16H2,(H,31,32)(H,25,26,27)/t20-/m1/s1. The number of rotatable bonds is 8. The van der Waals surface area contributed by atoms with Gasteiger partial charge in [0.25, 0.3) is 0 Å². The van der Waals surface area contributed by atoms with Crippen molar-refractivity contribution in [2.75, 3.05) is 23.3 Å². The molecule has 1 aromatic heterocycles. The zero-order chi connectivity index (χ0) is 23.9. The van der Waals surface area contributed by atoms with Crippen molar-refractivity contribution in [2.45, 2.75) is 32.0 Å². The second-order valence-electron chi connectivity index (χ2n) is 8.19. The third-order valence-electron chi connectivity index (χ3n) is 5.75. The Hall–Kier alpha value is -4.21. The SMILES string of the molecule is O=C(O)N1CCC[C@@H](Nc2ncnc(N(Cc3ccccc3)Cc3ccccc3)c2[N+](=O)[O-])C1. The number of nitro groups is 1. The molecule has 1 amide bonds. The molecule has 0 aliphatic carbocycles. The number of nitrogens with zero attached hydrogens (tertiary/aromatic N) is 5. The fourth-order valence-corrected chi connectivity index (χ4v) is 4.15. The lowest BCUT2D eigenvalue weighted by molar-refractivity contribution is -0.383. The van der Waals surface area contributed by atoms with E-state index in [1.54, 1.807) is 0 Å². The molecule has 0 radical (unpaired) electrons. The predicted octanol–water partition coefficient (Wildman–Crippen LogP) is 4.15. The van der Waals surface area contributed by atoms with Gasteiger partial charge >= 0.3 is 11.8 Å². The smallest absolute Gasteiger partial charge is 0.407 e. The van der Waals surface area contributed by atoms with Crippen molar-refractivity contribution in [1.29, 1.82) is 0 Å². The van der Waals surface area contributed by atoms with Gasteiger partial charge in [0.2, 0.25) is 11.6 Å². The molecule has 2 aromatic carbocycles. The van der Waals surface area contributed by atoms with Gasteiger partial charge in [-0.3, -0.25) is 10.1 Å². The average Bonchev–Trinajstić information content (AvgIpc) is 2.85. The second-order valence-corrected chi connectivity index (χ2v) is 8.19. The molecule has 176 valence electrons. The third kappa shape index (κ3) is 5.58. The van der Waals surface area contributed by atoms with Crippen LogP contribution in [0.3, 0.4) is 0 Å². The normalized spacial score (nSPS) is 15.5. The van der Waals surface area contributed by atoms with E-state index in [9.17, 15) is 20.0 Å². The van der Waals surface area contributed by atoms with Crippen LogP contribution in [-0.2, 0) is 13.1 Å². The molecule has 1 aliphatic rings. The van der Waals surface area contributed by atoms with Crippen molar-refractivity contribution in [3.63, 3.8) is 0 Å². The number of carboxylic acid groups (broad SMARTS) is 1. The maximum atomic E-state index is 12.2. The molecule has 2 N–H and O–H groups in total. The first-order valence-electron chi connectivity index (χ1n) is 11.1. The van der Waals surface area contributed by atoms with Gasteiger partial charge < -0.3 is 20.2 Å². The van der Waals surface area contributed by atoms with Gasteiger partial charge in [-0.1, -0.05) is 60.7 Å². The molecular formula is C24H26N6O4. The molecule has 1 aliphatic heterocycles. The molecule has 10 heteroatoms. The molecule has 4 rings (SSSR count). The number of likely N-dealkylation sites (tertiary alicyclic amines) is 1. The first kappa shape index (κ1) is 23.0. The number of carbonyl (C=O) groups is 1. The Kier molecular flexibility index (Phi) is 7.16. The lowest BCUT2D eigenvalue weighted by Gasteiger charge is -2.31. The monoisotopic (exact) mass is 462 g/mol. The number of amides is 1. The van der Waals surface area contributed by atoms with E-state index in [-0.39, 0.29) is 29.9 Å². The average molecular weight is 463 g/mol. The minimum Gasteiger partial charge on any atom is -0.465 e. The number of nitrogens with one attached hydrogen (secondary N) is 1. The van der Waals surface area contributed by atoms with Gasteiger partial charge in [0.15, 0.2) is 0 Å². The second kappa shape index (κ2) is 10.6. The fourth-order valence-electron chi connectivity index (χ4n) is 4.15. The summed E-state index contributed by atoms with van der Waals surface area (Å²) in [4.78, 5) is 34.8. The number of piperidine rings is 1. The van der Waals surface area contributed by atoms with Crippen LogP contribution < -0.4 is 10.2 Å². The zero-order valence-corrected chi connectivity index (χ0v) is 18.6. The summed E-state index contributed by atoms with van der Waals surface area (Å²) in [6.07, 6.45) is 1.68. The van der Waals surface area contributed by atoms with Crippen LogP contribution in [0.4, 0.5) is 22.1 Å². The van der Waals surface area contributed by atoms with Crippen molar-refractivity contribution < 1.29 is 14.8 Å². The summed E-state index contributed by atoms with van der Waals surface area (Å²) in [7, 11) is 0. The molecule has 1 fully saturated rings. The van der Waals surface area contributed by atoms with Gasteiger partial charge in [0.1, 0.15) is 6.33 Å². The van der Waals surface area contributed by atoms with Crippen molar-refractivity contribution >= 4 is 23.4 Å². The van der Waals surface area contributed by atoms with E-state index in [1.807, 2.05) is 65.6 Å². The molecular weight excluding hydrogens is 436 g/mol. The topological polar surface area (TPSA) is 125 Å². The first-order valence-corrected chi connectivity index (χ1v) is 11.1. The Morgan fingerprint density at radius 1 is 1.09 bits per heavy atom. The molecule has 1 atom stereocenters. The number of aromatic nitrogens is 2. The highest BCUT2D eigenvalue weighted by atomic mass is 16.6. The summed E-state index contributed by atoms with van der Waals surface area (Å²) in [6, 6.07) is 19.1.